The van der Waals surface area contributed by atoms with E-state index in [0.29, 0.717) is 30.0 Å². The molecule has 27 heavy (non-hydrogen) atoms. The number of Topliss-reactive ketones (excluding diaryl/α,β-unsaturated/α-hetero) is 1. The van der Waals surface area contributed by atoms with Crippen LogP contribution in [0.25, 0.3) is 0 Å². The summed E-state index contributed by atoms with van der Waals surface area (Å²) in [5.74, 6) is 1.89. The van der Waals surface area contributed by atoms with Gasteiger partial charge in [0.2, 0.25) is 0 Å². The van der Waals surface area contributed by atoms with Gasteiger partial charge in [-0.05, 0) is 80.1 Å². The number of fused-ring (bicyclic) bond motifs is 5. The molecule has 0 aromatic carbocycles. The molecular formula is C23H32O4. The van der Waals surface area contributed by atoms with Crippen molar-refractivity contribution in [1.82, 2.24) is 0 Å². The monoisotopic (exact) mass is 372 g/mol. The van der Waals surface area contributed by atoms with Gasteiger partial charge in [-0.25, -0.2) is 0 Å². The first kappa shape index (κ1) is 18.9. The minimum Gasteiger partial charge on any atom is -0.454 e. The number of rotatable bonds is 2. The lowest BCUT2D eigenvalue weighted by Gasteiger charge is -2.58. The Morgan fingerprint density at radius 2 is 1.81 bits per heavy atom. The molecule has 3 saturated carbocycles. The quantitative estimate of drug-likeness (QED) is 0.679. The molecule has 4 aliphatic rings. The van der Waals surface area contributed by atoms with Crippen molar-refractivity contribution in [2.45, 2.75) is 78.7 Å². The van der Waals surface area contributed by atoms with Crippen molar-refractivity contribution in [3.8, 4) is 0 Å². The number of hydrogen-bond donors (Lipinski definition) is 0. The van der Waals surface area contributed by atoms with Gasteiger partial charge in [-0.2, -0.15) is 0 Å². The van der Waals surface area contributed by atoms with Crippen LogP contribution in [0.1, 0.15) is 72.6 Å². The molecule has 0 aromatic heterocycles. The first-order valence-electron chi connectivity index (χ1n) is 10.6. The zero-order chi connectivity index (χ0) is 19.6. The van der Waals surface area contributed by atoms with Crippen molar-refractivity contribution in [1.29, 1.82) is 0 Å². The lowest BCUT2D eigenvalue weighted by Crippen LogP contribution is -2.53. The Morgan fingerprint density at radius 3 is 2.48 bits per heavy atom. The predicted molar refractivity (Wildman–Crippen MR) is 102 cm³/mol. The molecule has 0 amide bonds. The zero-order valence-electron chi connectivity index (χ0n) is 17.0. The Labute approximate surface area is 162 Å². The highest BCUT2D eigenvalue weighted by Crippen LogP contribution is 2.66. The molecule has 0 heterocycles. The van der Waals surface area contributed by atoms with E-state index in [1.54, 1.807) is 13.0 Å². The predicted octanol–water partition coefficient (Wildman–Crippen LogP) is 4.27. The lowest BCUT2D eigenvalue weighted by molar-refractivity contribution is -0.156. The van der Waals surface area contributed by atoms with Gasteiger partial charge in [-0.1, -0.05) is 19.4 Å². The van der Waals surface area contributed by atoms with E-state index < -0.39 is 6.10 Å². The van der Waals surface area contributed by atoms with Crippen LogP contribution in [0, 0.1) is 34.5 Å². The second-order valence-corrected chi connectivity index (χ2v) is 9.99. The molecule has 0 spiro atoms. The third-order valence-electron chi connectivity index (χ3n) is 8.78. The van der Waals surface area contributed by atoms with E-state index in [4.69, 9.17) is 4.74 Å². The van der Waals surface area contributed by atoms with Gasteiger partial charge >= 0.3 is 5.97 Å². The summed E-state index contributed by atoms with van der Waals surface area (Å²) in [5, 5.41) is 0. The van der Waals surface area contributed by atoms with Crippen molar-refractivity contribution < 1.29 is 19.1 Å². The highest BCUT2D eigenvalue weighted by molar-refractivity contribution is 5.96. The van der Waals surface area contributed by atoms with Crippen LogP contribution in [-0.2, 0) is 19.1 Å². The average Bonchev–Trinajstić information content (AvgIpc) is 2.93. The molecule has 4 aliphatic carbocycles. The van der Waals surface area contributed by atoms with Crippen LogP contribution in [0.3, 0.4) is 0 Å². The van der Waals surface area contributed by atoms with Gasteiger partial charge in [-0.15, -0.1) is 0 Å². The van der Waals surface area contributed by atoms with E-state index in [2.05, 4.69) is 13.8 Å². The lowest BCUT2D eigenvalue weighted by atomic mass is 9.46. The van der Waals surface area contributed by atoms with Crippen LogP contribution in [0.2, 0.25) is 0 Å². The molecule has 0 bridgehead atoms. The summed E-state index contributed by atoms with van der Waals surface area (Å²) < 4.78 is 5.37. The number of esters is 1. The van der Waals surface area contributed by atoms with E-state index >= 15 is 0 Å². The Balaban J connectivity index is 1.64. The van der Waals surface area contributed by atoms with Gasteiger partial charge < -0.3 is 4.74 Å². The van der Waals surface area contributed by atoms with Gasteiger partial charge in [0, 0.05) is 19.3 Å². The first-order chi connectivity index (χ1) is 12.7. The van der Waals surface area contributed by atoms with E-state index in [9.17, 15) is 14.4 Å². The van der Waals surface area contributed by atoms with Gasteiger partial charge in [0.25, 0.3) is 0 Å². The molecule has 0 aromatic rings. The van der Waals surface area contributed by atoms with E-state index in [1.165, 1.54) is 12.5 Å². The standard InChI is InChI=1S/C23H32O4/c1-13(24)17-7-8-18-16-6-5-15-11-20(26)21(27-14(2)25)12-23(15,4)19(16)9-10-22(17,18)3/h11,16-19,21H,5-10,12H2,1-4H3/t16-,17+,18-,19-,21?,22+,23-/m0/s1. The summed E-state index contributed by atoms with van der Waals surface area (Å²) >= 11 is 0. The highest BCUT2D eigenvalue weighted by atomic mass is 16.5. The Kier molecular flexibility index (Phi) is 4.40. The van der Waals surface area contributed by atoms with Crippen LogP contribution in [0.4, 0.5) is 0 Å². The summed E-state index contributed by atoms with van der Waals surface area (Å²) in [6, 6.07) is 0. The van der Waals surface area contributed by atoms with Crippen molar-refractivity contribution in [2.75, 3.05) is 0 Å². The third-order valence-corrected chi connectivity index (χ3v) is 8.78. The minimum absolute atomic E-state index is 0.0470. The molecule has 0 N–H and O–H groups in total. The Bertz CT molecular complexity index is 722. The van der Waals surface area contributed by atoms with Gasteiger partial charge in [0.05, 0.1) is 0 Å². The van der Waals surface area contributed by atoms with Crippen LogP contribution >= 0.6 is 0 Å². The maximum absolute atomic E-state index is 12.4. The maximum Gasteiger partial charge on any atom is 0.303 e. The summed E-state index contributed by atoms with van der Waals surface area (Å²) in [4.78, 5) is 36.2. The average molecular weight is 373 g/mol. The number of ketones is 2. The summed E-state index contributed by atoms with van der Waals surface area (Å²) in [7, 11) is 0. The van der Waals surface area contributed by atoms with Gasteiger partial charge in [0.1, 0.15) is 5.78 Å². The molecule has 7 atom stereocenters. The molecule has 0 radical (unpaired) electrons. The first-order valence-corrected chi connectivity index (χ1v) is 10.6. The molecule has 4 nitrogen and oxygen atoms in total. The van der Waals surface area contributed by atoms with Gasteiger partial charge in [0.15, 0.2) is 11.9 Å². The van der Waals surface area contributed by atoms with E-state index in [-0.39, 0.29) is 28.5 Å². The van der Waals surface area contributed by atoms with Crippen LogP contribution < -0.4 is 0 Å². The maximum atomic E-state index is 12.4. The molecule has 0 saturated heterocycles. The largest absolute Gasteiger partial charge is 0.454 e. The van der Waals surface area contributed by atoms with Crippen LogP contribution in [0.5, 0.6) is 0 Å². The molecule has 4 heteroatoms. The number of carbonyl (C=O) groups is 3. The zero-order valence-corrected chi connectivity index (χ0v) is 17.0. The number of hydrogen-bond acceptors (Lipinski definition) is 4. The fourth-order valence-electron chi connectivity index (χ4n) is 7.56. The fourth-order valence-corrected chi connectivity index (χ4v) is 7.56. The van der Waals surface area contributed by atoms with Crippen LogP contribution in [-0.4, -0.2) is 23.6 Å². The summed E-state index contributed by atoms with van der Waals surface area (Å²) in [5.41, 5.74) is 1.35. The molecule has 0 aliphatic heterocycles. The number of allylic oxidation sites excluding steroid dienone is 1. The minimum atomic E-state index is -0.628. The summed E-state index contributed by atoms with van der Waals surface area (Å²) in [6.45, 7) is 7.79. The molecule has 3 fully saturated rings. The second-order valence-electron chi connectivity index (χ2n) is 9.99. The van der Waals surface area contributed by atoms with E-state index in [0.717, 1.165) is 38.5 Å². The molecule has 1 unspecified atom stereocenters. The van der Waals surface area contributed by atoms with Gasteiger partial charge in [-0.3, -0.25) is 14.4 Å². The van der Waals surface area contributed by atoms with Crippen LogP contribution in [0.15, 0.2) is 11.6 Å². The molecule has 148 valence electrons. The number of carbonyl (C=O) groups excluding carboxylic acids is 3. The third kappa shape index (κ3) is 2.74. The summed E-state index contributed by atoms with van der Waals surface area (Å²) in [6.07, 6.45) is 8.27. The van der Waals surface area contributed by atoms with Crippen molar-refractivity contribution in [2.24, 2.45) is 34.5 Å². The smallest absolute Gasteiger partial charge is 0.303 e. The normalized spacial score (nSPS) is 46.0. The Morgan fingerprint density at radius 1 is 1.07 bits per heavy atom. The Hall–Kier alpha value is -1.45. The SMILES string of the molecule is CC(=O)OC1C[C@@]2(C)C(=CC1=O)CC[C@H]1[C@@H]3CC[C@H](C(C)=O)[C@@]3(C)CC[C@@H]12. The van der Waals surface area contributed by atoms with Crippen molar-refractivity contribution in [3.05, 3.63) is 11.6 Å². The van der Waals surface area contributed by atoms with Crippen molar-refractivity contribution >= 4 is 17.5 Å². The van der Waals surface area contributed by atoms with E-state index in [1.807, 2.05) is 0 Å². The number of ether oxygens (including phenoxy) is 1. The molecule has 4 rings (SSSR count). The molecular weight excluding hydrogens is 340 g/mol. The highest BCUT2D eigenvalue weighted by Gasteiger charge is 2.60. The fraction of sp³-hybridized carbons (Fsp3) is 0.783. The topological polar surface area (TPSA) is 60.4 Å². The van der Waals surface area contributed by atoms with Crippen molar-refractivity contribution in [3.63, 3.8) is 0 Å². The second kappa shape index (κ2) is 6.28.